The van der Waals surface area contributed by atoms with Gasteiger partial charge in [-0.3, -0.25) is 14.2 Å². The molecular weight excluding hydrogens is 439 g/mol. The molecule has 0 saturated heterocycles. The summed E-state index contributed by atoms with van der Waals surface area (Å²) in [5.74, 6) is -0.711. The van der Waals surface area contributed by atoms with E-state index in [0.29, 0.717) is 39.4 Å². The molecule has 0 saturated carbocycles. The van der Waals surface area contributed by atoms with E-state index >= 15 is 0 Å². The zero-order chi connectivity index (χ0) is 23.4. The highest BCUT2D eigenvalue weighted by Crippen LogP contribution is 2.23. The number of nitriles is 1. The van der Waals surface area contributed by atoms with E-state index in [-0.39, 0.29) is 17.2 Å². The van der Waals surface area contributed by atoms with Crippen molar-refractivity contribution in [3.63, 3.8) is 0 Å². The van der Waals surface area contributed by atoms with Gasteiger partial charge in [0.15, 0.2) is 5.16 Å². The smallest absolute Gasteiger partial charge is 0.266 e. The monoisotopic (exact) mass is 458 g/mol. The summed E-state index contributed by atoms with van der Waals surface area (Å²) < 4.78 is 15.6. The Hall–Kier alpha value is -3.96. The van der Waals surface area contributed by atoms with Crippen LogP contribution in [-0.2, 0) is 11.2 Å². The number of nitrogens with one attached hydrogen (secondary N) is 1. The Labute approximate surface area is 193 Å². The van der Waals surface area contributed by atoms with Gasteiger partial charge < -0.3 is 5.32 Å². The molecule has 1 heterocycles. The van der Waals surface area contributed by atoms with E-state index in [4.69, 9.17) is 5.26 Å². The maximum atomic E-state index is 14.3. The highest BCUT2D eigenvalue weighted by Gasteiger charge is 2.16. The van der Waals surface area contributed by atoms with Crippen molar-refractivity contribution in [1.29, 1.82) is 5.26 Å². The summed E-state index contributed by atoms with van der Waals surface area (Å²) in [5, 5.41) is 12.2. The van der Waals surface area contributed by atoms with E-state index in [0.717, 1.165) is 17.3 Å². The Morgan fingerprint density at radius 1 is 1.15 bits per heavy atom. The summed E-state index contributed by atoms with van der Waals surface area (Å²) in [5.41, 5.74) is 2.45. The number of halogens is 1. The first-order valence-corrected chi connectivity index (χ1v) is 11.1. The summed E-state index contributed by atoms with van der Waals surface area (Å²) in [7, 11) is 0. The molecule has 1 N–H and O–H groups in total. The minimum absolute atomic E-state index is 0.000922. The number of amides is 1. The topological polar surface area (TPSA) is 87.8 Å². The largest absolute Gasteiger partial charge is 0.325 e. The van der Waals surface area contributed by atoms with Crippen LogP contribution in [0.15, 0.2) is 76.7 Å². The van der Waals surface area contributed by atoms with Crippen LogP contribution in [-0.4, -0.2) is 21.2 Å². The first kappa shape index (κ1) is 22.2. The maximum absolute atomic E-state index is 14.3. The van der Waals surface area contributed by atoms with Gasteiger partial charge in [-0.1, -0.05) is 42.1 Å². The van der Waals surface area contributed by atoms with Crippen molar-refractivity contribution in [2.45, 2.75) is 18.5 Å². The van der Waals surface area contributed by atoms with Crippen LogP contribution in [0.4, 0.5) is 10.1 Å². The first-order valence-electron chi connectivity index (χ1n) is 10.1. The summed E-state index contributed by atoms with van der Waals surface area (Å²) >= 11 is 1.09. The van der Waals surface area contributed by atoms with E-state index in [1.165, 1.54) is 10.6 Å². The molecule has 0 aliphatic carbocycles. The fraction of sp³-hybridized carbons (Fsp3) is 0.120. The normalized spacial score (nSPS) is 10.7. The lowest BCUT2D eigenvalue weighted by atomic mass is 10.1. The molecular formula is C25H19FN4O2S. The van der Waals surface area contributed by atoms with E-state index in [1.807, 2.05) is 0 Å². The van der Waals surface area contributed by atoms with Crippen LogP contribution in [0.3, 0.4) is 0 Å². The number of aromatic nitrogens is 2. The van der Waals surface area contributed by atoms with E-state index in [2.05, 4.69) is 16.4 Å². The van der Waals surface area contributed by atoms with Gasteiger partial charge in [-0.25, -0.2) is 9.37 Å². The van der Waals surface area contributed by atoms with Crippen molar-refractivity contribution in [1.82, 2.24) is 9.55 Å². The highest BCUT2D eigenvalue weighted by molar-refractivity contribution is 7.99. The van der Waals surface area contributed by atoms with Crippen molar-refractivity contribution in [3.05, 3.63) is 94.0 Å². The number of rotatable bonds is 6. The van der Waals surface area contributed by atoms with Gasteiger partial charge in [-0.2, -0.15) is 5.26 Å². The van der Waals surface area contributed by atoms with Crippen molar-refractivity contribution >= 4 is 34.3 Å². The van der Waals surface area contributed by atoms with E-state index in [1.54, 1.807) is 67.6 Å². The number of carbonyl (C=O) groups is 1. The molecule has 0 atom stereocenters. The summed E-state index contributed by atoms with van der Waals surface area (Å²) in [4.78, 5) is 30.3. The Bertz CT molecular complexity index is 1440. The second kappa shape index (κ2) is 9.67. The lowest BCUT2D eigenvalue weighted by molar-refractivity contribution is -0.113. The van der Waals surface area contributed by atoms with Crippen molar-refractivity contribution in [2.24, 2.45) is 0 Å². The molecule has 0 aliphatic heterocycles. The third kappa shape index (κ3) is 4.94. The molecule has 0 radical (unpaired) electrons. The van der Waals surface area contributed by atoms with Crippen LogP contribution in [0, 0.1) is 24.1 Å². The number of hydrogen-bond acceptors (Lipinski definition) is 5. The Morgan fingerprint density at radius 3 is 2.64 bits per heavy atom. The van der Waals surface area contributed by atoms with Crippen LogP contribution >= 0.6 is 11.8 Å². The third-order valence-corrected chi connectivity index (χ3v) is 5.95. The number of benzene rings is 3. The second-order valence-electron chi connectivity index (χ2n) is 7.35. The molecule has 0 spiro atoms. The Morgan fingerprint density at radius 2 is 1.91 bits per heavy atom. The minimum Gasteiger partial charge on any atom is -0.325 e. The predicted molar refractivity (Wildman–Crippen MR) is 127 cm³/mol. The quantitative estimate of drug-likeness (QED) is 0.336. The summed E-state index contributed by atoms with van der Waals surface area (Å²) in [6.07, 6.45) is 0.300. The lowest BCUT2D eigenvalue weighted by Crippen LogP contribution is -2.23. The molecule has 8 heteroatoms. The van der Waals surface area contributed by atoms with Crippen LogP contribution in [0.1, 0.15) is 11.1 Å². The summed E-state index contributed by atoms with van der Waals surface area (Å²) in [6, 6.07) is 20.6. The number of carbonyl (C=O) groups excluding carboxylic acids is 1. The zero-order valence-corrected chi connectivity index (χ0v) is 18.5. The fourth-order valence-corrected chi connectivity index (χ4v) is 4.09. The molecule has 0 unspecified atom stereocenters. The van der Waals surface area contributed by atoms with Crippen LogP contribution in [0.2, 0.25) is 0 Å². The van der Waals surface area contributed by atoms with Crippen LogP contribution < -0.4 is 10.9 Å². The van der Waals surface area contributed by atoms with Gasteiger partial charge >= 0.3 is 0 Å². The van der Waals surface area contributed by atoms with Gasteiger partial charge in [0, 0.05) is 5.69 Å². The van der Waals surface area contributed by atoms with Gasteiger partial charge in [0.05, 0.1) is 34.8 Å². The third-order valence-electron chi connectivity index (χ3n) is 5.01. The molecule has 164 valence electrons. The SMILES string of the molecule is Cc1ccc(-n2c(SCC(=O)Nc3ccc(CC#N)cc3)nc3ccccc3c2=O)cc1F. The zero-order valence-electron chi connectivity index (χ0n) is 17.7. The average Bonchev–Trinajstić information content (AvgIpc) is 2.81. The number of anilines is 1. The number of aryl methyl sites for hydroxylation is 1. The number of thioether (sulfide) groups is 1. The molecule has 33 heavy (non-hydrogen) atoms. The van der Waals surface area contributed by atoms with E-state index in [9.17, 15) is 14.0 Å². The Balaban J connectivity index is 1.62. The van der Waals surface area contributed by atoms with E-state index < -0.39 is 5.82 Å². The molecule has 6 nitrogen and oxygen atoms in total. The van der Waals surface area contributed by atoms with Gasteiger partial charge in [0.1, 0.15) is 5.82 Å². The Kier molecular flexibility index (Phi) is 6.52. The van der Waals surface area contributed by atoms with Crippen LogP contribution in [0.5, 0.6) is 0 Å². The molecule has 1 aromatic heterocycles. The number of nitrogens with zero attached hydrogens (tertiary/aromatic N) is 3. The van der Waals surface area contributed by atoms with Gasteiger partial charge in [0.25, 0.3) is 5.56 Å². The van der Waals surface area contributed by atoms with Crippen molar-refractivity contribution in [3.8, 4) is 11.8 Å². The number of para-hydroxylation sites is 1. The van der Waals surface area contributed by atoms with Crippen molar-refractivity contribution in [2.75, 3.05) is 11.1 Å². The number of fused-ring (bicyclic) bond motifs is 1. The minimum atomic E-state index is -0.430. The molecule has 0 bridgehead atoms. The van der Waals surface area contributed by atoms with Gasteiger partial charge in [-0.15, -0.1) is 0 Å². The first-order chi connectivity index (χ1) is 16.0. The molecule has 0 fully saturated rings. The molecule has 3 aromatic carbocycles. The molecule has 4 aromatic rings. The number of hydrogen-bond donors (Lipinski definition) is 1. The van der Waals surface area contributed by atoms with Crippen LogP contribution in [0.25, 0.3) is 16.6 Å². The van der Waals surface area contributed by atoms with Gasteiger partial charge in [-0.05, 0) is 54.4 Å². The van der Waals surface area contributed by atoms with Gasteiger partial charge in [0.2, 0.25) is 5.91 Å². The second-order valence-corrected chi connectivity index (χ2v) is 8.30. The standard InChI is InChI=1S/C25H19FN4O2S/c1-16-6-11-19(14-21(16)26)30-24(32)20-4-2-3-5-22(20)29-25(30)33-15-23(31)28-18-9-7-17(8-10-18)12-13-27/h2-11,14H,12,15H2,1H3,(H,28,31). The highest BCUT2D eigenvalue weighted by atomic mass is 32.2. The molecule has 1 amide bonds. The summed E-state index contributed by atoms with van der Waals surface area (Å²) in [6.45, 7) is 1.65. The molecule has 4 rings (SSSR count). The molecule has 0 aliphatic rings. The average molecular weight is 459 g/mol. The fourth-order valence-electron chi connectivity index (χ4n) is 3.28. The maximum Gasteiger partial charge on any atom is 0.266 e. The predicted octanol–water partition coefficient (Wildman–Crippen LogP) is 4.63. The van der Waals surface area contributed by atoms with Crippen molar-refractivity contribution < 1.29 is 9.18 Å². The lowest BCUT2D eigenvalue weighted by Gasteiger charge is -2.14.